The first-order valence-corrected chi connectivity index (χ1v) is 9.92. The minimum atomic E-state index is -5.01. The van der Waals surface area contributed by atoms with Crippen molar-refractivity contribution in [3.8, 4) is 11.5 Å². The molecule has 13 nitrogen and oxygen atoms in total. The van der Waals surface area contributed by atoms with E-state index in [0.29, 0.717) is 18.2 Å². The van der Waals surface area contributed by atoms with Gasteiger partial charge in [0, 0.05) is 17.1 Å². The minimum Gasteiger partial charge on any atom is -0.454 e. The fourth-order valence-corrected chi connectivity index (χ4v) is 3.90. The van der Waals surface area contributed by atoms with Crippen molar-refractivity contribution in [3.63, 3.8) is 0 Å². The second-order valence-electron chi connectivity index (χ2n) is 5.52. The SMILES string of the molecule is O=[N+]([O-])c1ccc(S(=O)(=O)O)c2c1C([N+](=O)[O-])c1ccc(S(=O)(=O)O)cc1O2. The largest absolute Gasteiger partial charge is 0.454 e. The molecule has 0 spiro atoms. The molecule has 1 aliphatic heterocycles. The van der Waals surface area contributed by atoms with Gasteiger partial charge in [-0.15, -0.1) is 0 Å². The van der Waals surface area contributed by atoms with E-state index in [9.17, 15) is 41.6 Å². The summed E-state index contributed by atoms with van der Waals surface area (Å²) in [6.07, 6.45) is 0. The average Bonchev–Trinajstić information content (AvgIpc) is 2.55. The molecule has 0 bridgehead atoms. The predicted molar refractivity (Wildman–Crippen MR) is 88.1 cm³/mol. The molecule has 1 unspecified atom stereocenters. The normalized spacial score (nSPS) is 15.9. The topological polar surface area (TPSA) is 204 Å². The molecule has 2 N–H and O–H groups in total. The molecule has 1 aliphatic rings. The van der Waals surface area contributed by atoms with Crippen molar-refractivity contribution in [2.45, 2.75) is 15.8 Å². The summed E-state index contributed by atoms with van der Waals surface area (Å²) < 4.78 is 69.5. The summed E-state index contributed by atoms with van der Waals surface area (Å²) in [7, 11) is -9.75. The lowest BCUT2D eigenvalue weighted by Crippen LogP contribution is -2.21. The summed E-state index contributed by atoms with van der Waals surface area (Å²) in [6.45, 7) is 0. The fourth-order valence-electron chi connectivity index (χ4n) is 2.77. The average molecular weight is 432 g/mol. The molecule has 15 heteroatoms. The van der Waals surface area contributed by atoms with Crippen molar-refractivity contribution in [2.24, 2.45) is 0 Å². The van der Waals surface area contributed by atoms with E-state index in [1.54, 1.807) is 0 Å². The lowest BCUT2D eigenvalue weighted by Gasteiger charge is -2.24. The summed E-state index contributed by atoms with van der Waals surface area (Å²) in [6, 6.07) is 1.70. The van der Waals surface area contributed by atoms with Crippen molar-refractivity contribution in [1.82, 2.24) is 0 Å². The zero-order chi connectivity index (χ0) is 21.0. The van der Waals surface area contributed by atoms with E-state index in [1.807, 2.05) is 0 Å². The van der Waals surface area contributed by atoms with E-state index in [2.05, 4.69) is 0 Å². The van der Waals surface area contributed by atoms with Crippen LogP contribution in [-0.4, -0.2) is 35.8 Å². The molecular formula is C13H8N2O11S2. The van der Waals surface area contributed by atoms with Crippen molar-refractivity contribution in [3.05, 3.63) is 61.7 Å². The summed E-state index contributed by atoms with van der Waals surface area (Å²) >= 11 is 0. The molecular weight excluding hydrogens is 424 g/mol. The van der Waals surface area contributed by atoms with Gasteiger partial charge in [0.2, 0.25) is 0 Å². The number of ether oxygens (including phenoxy) is 1. The maximum absolute atomic E-state index is 11.6. The third kappa shape index (κ3) is 3.15. The summed E-state index contributed by atoms with van der Waals surface area (Å²) in [4.78, 5) is 19.3. The van der Waals surface area contributed by atoms with Crippen LogP contribution in [0.25, 0.3) is 0 Å². The minimum absolute atomic E-state index is 0.319. The Balaban J connectivity index is 2.42. The highest BCUT2D eigenvalue weighted by atomic mass is 32.2. The Morgan fingerprint density at radius 1 is 0.964 bits per heavy atom. The van der Waals surface area contributed by atoms with Crippen LogP contribution in [0.15, 0.2) is 40.1 Å². The first-order chi connectivity index (χ1) is 12.8. The Morgan fingerprint density at radius 3 is 2.11 bits per heavy atom. The molecule has 0 aliphatic carbocycles. The van der Waals surface area contributed by atoms with Crippen LogP contribution in [0.2, 0.25) is 0 Å². The number of hydrogen-bond acceptors (Lipinski definition) is 9. The van der Waals surface area contributed by atoms with Crippen LogP contribution in [0.5, 0.6) is 11.5 Å². The first-order valence-electron chi connectivity index (χ1n) is 7.04. The number of rotatable bonds is 4. The number of nitro benzene ring substituents is 1. The zero-order valence-corrected chi connectivity index (χ0v) is 14.9. The highest BCUT2D eigenvalue weighted by Gasteiger charge is 2.44. The Morgan fingerprint density at radius 2 is 1.61 bits per heavy atom. The second-order valence-corrected chi connectivity index (χ2v) is 8.33. The third-order valence-corrected chi connectivity index (χ3v) is 5.61. The molecule has 1 atom stereocenters. The van der Waals surface area contributed by atoms with E-state index in [4.69, 9.17) is 9.29 Å². The standard InChI is InChI=1S/C13H8N2O11S2/c16-14(17)8-3-4-10(28(23,24)25)13-11(8)12(15(18)19)7-2-1-6(27(20,21)22)5-9(7)26-13/h1-5,12H,(H,20,21,22)(H,23,24,25). The molecule has 0 aromatic heterocycles. The van der Waals surface area contributed by atoms with E-state index in [1.165, 1.54) is 0 Å². The molecule has 2 aromatic rings. The lowest BCUT2D eigenvalue weighted by molar-refractivity contribution is -0.519. The van der Waals surface area contributed by atoms with Gasteiger partial charge in [0.1, 0.15) is 10.6 Å². The lowest BCUT2D eigenvalue weighted by atomic mass is 9.93. The van der Waals surface area contributed by atoms with Gasteiger partial charge in [0.15, 0.2) is 11.3 Å². The molecule has 0 saturated carbocycles. The predicted octanol–water partition coefficient (Wildman–Crippen LogP) is 1.56. The van der Waals surface area contributed by atoms with Crippen LogP contribution in [-0.2, 0) is 20.2 Å². The molecule has 0 amide bonds. The summed E-state index contributed by atoms with van der Waals surface area (Å²) in [5.74, 6) is -1.42. The monoisotopic (exact) mass is 432 g/mol. The highest BCUT2D eigenvalue weighted by molar-refractivity contribution is 7.86. The smallest absolute Gasteiger partial charge is 0.298 e. The van der Waals surface area contributed by atoms with Crippen LogP contribution >= 0.6 is 0 Å². The Bertz CT molecular complexity index is 1250. The number of fused-ring (bicyclic) bond motifs is 2. The Kier molecular flexibility index (Phi) is 4.34. The van der Waals surface area contributed by atoms with E-state index >= 15 is 0 Å². The van der Waals surface area contributed by atoms with Gasteiger partial charge < -0.3 is 4.74 Å². The molecule has 28 heavy (non-hydrogen) atoms. The molecule has 148 valence electrons. The van der Waals surface area contributed by atoms with Crippen LogP contribution in [0.4, 0.5) is 5.69 Å². The highest BCUT2D eigenvalue weighted by Crippen LogP contribution is 2.51. The number of nitro groups is 2. The molecule has 1 heterocycles. The van der Waals surface area contributed by atoms with Gasteiger partial charge in [0.25, 0.3) is 32.0 Å². The van der Waals surface area contributed by atoms with Crippen molar-refractivity contribution >= 4 is 25.9 Å². The summed E-state index contributed by atoms with van der Waals surface area (Å²) in [5, 5.41) is 22.9. The Hall–Kier alpha value is -3.14. The summed E-state index contributed by atoms with van der Waals surface area (Å²) in [5.41, 5.74) is -1.90. The van der Waals surface area contributed by atoms with Crippen molar-refractivity contribution < 1.29 is 40.5 Å². The van der Waals surface area contributed by atoms with Gasteiger partial charge in [0.05, 0.1) is 15.4 Å². The van der Waals surface area contributed by atoms with Gasteiger partial charge in [-0.1, -0.05) is 0 Å². The molecule has 3 rings (SSSR count). The van der Waals surface area contributed by atoms with E-state index < -0.39 is 68.7 Å². The van der Waals surface area contributed by atoms with Crippen LogP contribution in [0.1, 0.15) is 17.2 Å². The first kappa shape index (κ1) is 19.6. The van der Waals surface area contributed by atoms with Crippen molar-refractivity contribution in [1.29, 1.82) is 0 Å². The maximum atomic E-state index is 11.6. The van der Waals surface area contributed by atoms with Gasteiger partial charge in [-0.3, -0.25) is 29.3 Å². The molecule has 0 fully saturated rings. The fraction of sp³-hybridized carbons (Fsp3) is 0.0769. The van der Waals surface area contributed by atoms with Gasteiger partial charge in [-0.05, 0) is 18.2 Å². The molecule has 0 radical (unpaired) electrons. The van der Waals surface area contributed by atoms with Gasteiger partial charge >= 0.3 is 0 Å². The molecule has 0 saturated heterocycles. The second kappa shape index (κ2) is 6.20. The zero-order valence-electron chi connectivity index (χ0n) is 13.2. The van der Waals surface area contributed by atoms with Gasteiger partial charge in [-0.25, -0.2) is 0 Å². The number of hydrogen-bond donors (Lipinski definition) is 2. The van der Waals surface area contributed by atoms with Crippen LogP contribution < -0.4 is 4.74 Å². The van der Waals surface area contributed by atoms with Crippen molar-refractivity contribution in [2.75, 3.05) is 0 Å². The molecule has 2 aromatic carbocycles. The van der Waals surface area contributed by atoms with Crippen LogP contribution in [0, 0.1) is 20.2 Å². The Labute approximate surface area is 156 Å². The maximum Gasteiger partial charge on any atom is 0.298 e. The number of benzene rings is 2. The van der Waals surface area contributed by atoms with Crippen LogP contribution in [0.3, 0.4) is 0 Å². The third-order valence-electron chi connectivity index (χ3n) is 3.89. The van der Waals surface area contributed by atoms with E-state index in [0.717, 1.165) is 12.1 Å². The quantitative estimate of drug-likeness (QED) is 0.403. The number of nitrogens with zero attached hydrogens (tertiary/aromatic N) is 2. The van der Waals surface area contributed by atoms with E-state index in [-0.39, 0.29) is 5.56 Å². The van der Waals surface area contributed by atoms with Gasteiger partial charge in [-0.2, -0.15) is 16.8 Å².